The number of ether oxygens (including phenoxy) is 2. The van der Waals surface area contributed by atoms with Crippen LogP contribution in [0.1, 0.15) is 6.92 Å². The first-order valence-electron chi connectivity index (χ1n) is 7.15. The number of pyridine rings is 1. The standard InChI is InChI=1S/C15H20N4O3/c1-15(9-22-3)14(20)19(6-7-21-2)11-8-17-13-10(4-5-16-13)12(11)18-15/h4-5,8,18H,6-7,9H2,1-3H3,(H,16,17)/t15-/m0/s1. The van der Waals surface area contributed by atoms with E-state index < -0.39 is 5.54 Å². The van der Waals surface area contributed by atoms with Gasteiger partial charge >= 0.3 is 0 Å². The van der Waals surface area contributed by atoms with Crippen molar-refractivity contribution in [2.24, 2.45) is 0 Å². The molecule has 118 valence electrons. The molecule has 3 heterocycles. The molecule has 0 spiro atoms. The normalized spacial score (nSPS) is 21.0. The zero-order valence-electron chi connectivity index (χ0n) is 13.0. The van der Waals surface area contributed by atoms with Gasteiger partial charge in [-0.25, -0.2) is 4.98 Å². The largest absolute Gasteiger partial charge is 0.383 e. The predicted molar refractivity (Wildman–Crippen MR) is 84.2 cm³/mol. The van der Waals surface area contributed by atoms with Crippen LogP contribution in [0.4, 0.5) is 11.4 Å². The number of carbonyl (C=O) groups is 1. The molecule has 1 amide bonds. The third-order valence-corrected chi connectivity index (χ3v) is 3.93. The molecule has 22 heavy (non-hydrogen) atoms. The summed E-state index contributed by atoms with van der Waals surface area (Å²) in [4.78, 5) is 22.1. The number of rotatable bonds is 5. The van der Waals surface area contributed by atoms with Crippen LogP contribution in [0.5, 0.6) is 0 Å². The van der Waals surface area contributed by atoms with Crippen molar-refractivity contribution >= 4 is 28.3 Å². The molecule has 0 radical (unpaired) electrons. The molecule has 0 unspecified atom stereocenters. The number of aromatic amines is 1. The van der Waals surface area contributed by atoms with Gasteiger partial charge in [-0.2, -0.15) is 0 Å². The zero-order valence-corrected chi connectivity index (χ0v) is 13.0. The molecule has 0 saturated carbocycles. The Balaban J connectivity index is 2.12. The van der Waals surface area contributed by atoms with Gasteiger partial charge in [-0.3, -0.25) is 4.79 Å². The molecule has 2 aromatic heterocycles. The van der Waals surface area contributed by atoms with Gasteiger partial charge in [0.15, 0.2) is 0 Å². The molecule has 0 aromatic carbocycles. The molecule has 2 aromatic rings. The van der Waals surface area contributed by atoms with E-state index in [2.05, 4.69) is 15.3 Å². The quantitative estimate of drug-likeness (QED) is 0.872. The summed E-state index contributed by atoms with van der Waals surface area (Å²) >= 11 is 0. The number of carbonyl (C=O) groups excluding carboxylic acids is 1. The van der Waals surface area contributed by atoms with Crippen molar-refractivity contribution in [3.63, 3.8) is 0 Å². The van der Waals surface area contributed by atoms with Gasteiger partial charge in [0, 0.05) is 32.3 Å². The molecular weight excluding hydrogens is 284 g/mol. The van der Waals surface area contributed by atoms with Crippen molar-refractivity contribution in [2.45, 2.75) is 12.5 Å². The van der Waals surface area contributed by atoms with Gasteiger partial charge in [-0.15, -0.1) is 0 Å². The summed E-state index contributed by atoms with van der Waals surface area (Å²) in [7, 11) is 3.21. The summed E-state index contributed by atoms with van der Waals surface area (Å²) in [6.45, 7) is 3.06. The third-order valence-electron chi connectivity index (χ3n) is 3.93. The maximum Gasteiger partial charge on any atom is 0.254 e. The molecule has 3 rings (SSSR count). The lowest BCUT2D eigenvalue weighted by atomic mass is 9.96. The molecule has 7 nitrogen and oxygen atoms in total. The van der Waals surface area contributed by atoms with Crippen molar-refractivity contribution in [3.05, 3.63) is 18.5 Å². The number of nitrogens with zero attached hydrogens (tertiary/aromatic N) is 2. The number of amides is 1. The Morgan fingerprint density at radius 1 is 1.36 bits per heavy atom. The first-order valence-corrected chi connectivity index (χ1v) is 7.15. The van der Waals surface area contributed by atoms with E-state index in [1.807, 2.05) is 19.2 Å². The number of H-pyrrole nitrogens is 1. The van der Waals surface area contributed by atoms with Crippen LogP contribution >= 0.6 is 0 Å². The van der Waals surface area contributed by atoms with Gasteiger partial charge in [0.1, 0.15) is 11.2 Å². The molecule has 0 fully saturated rings. The minimum absolute atomic E-state index is 0.0458. The second-order valence-electron chi connectivity index (χ2n) is 5.60. The highest BCUT2D eigenvalue weighted by molar-refractivity contribution is 6.12. The summed E-state index contributed by atoms with van der Waals surface area (Å²) < 4.78 is 10.4. The lowest BCUT2D eigenvalue weighted by molar-refractivity contribution is -0.124. The Labute approximate surface area is 128 Å². The Bertz CT molecular complexity index is 699. The number of anilines is 2. The maximum absolute atomic E-state index is 12.9. The fraction of sp³-hybridized carbons (Fsp3) is 0.467. The predicted octanol–water partition coefficient (Wildman–Crippen LogP) is 1.37. The van der Waals surface area contributed by atoms with Crippen LogP contribution in [-0.2, 0) is 14.3 Å². The average molecular weight is 304 g/mol. The molecule has 0 saturated heterocycles. The highest BCUT2D eigenvalue weighted by Gasteiger charge is 2.43. The van der Waals surface area contributed by atoms with E-state index in [0.717, 1.165) is 22.4 Å². The molecule has 1 aliphatic rings. The zero-order chi connectivity index (χ0) is 15.7. The van der Waals surface area contributed by atoms with Gasteiger partial charge in [-0.1, -0.05) is 0 Å². The van der Waals surface area contributed by atoms with E-state index in [-0.39, 0.29) is 12.5 Å². The lowest BCUT2D eigenvalue weighted by Crippen LogP contribution is -2.58. The monoisotopic (exact) mass is 304 g/mol. The molecule has 2 N–H and O–H groups in total. The Morgan fingerprint density at radius 3 is 2.91 bits per heavy atom. The van der Waals surface area contributed by atoms with Crippen molar-refractivity contribution in [3.8, 4) is 0 Å². The number of aromatic nitrogens is 2. The Kier molecular flexibility index (Phi) is 3.76. The van der Waals surface area contributed by atoms with E-state index in [4.69, 9.17) is 9.47 Å². The summed E-state index contributed by atoms with van der Waals surface area (Å²) in [6, 6.07) is 1.95. The van der Waals surface area contributed by atoms with Crippen LogP contribution < -0.4 is 10.2 Å². The second-order valence-corrected chi connectivity index (χ2v) is 5.60. The first kappa shape index (κ1) is 14.8. The fourth-order valence-electron chi connectivity index (χ4n) is 2.86. The highest BCUT2D eigenvalue weighted by Crippen LogP contribution is 2.39. The first-order chi connectivity index (χ1) is 10.6. The maximum atomic E-state index is 12.9. The highest BCUT2D eigenvalue weighted by atomic mass is 16.5. The second kappa shape index (κ2) is 5.58. The molecule has 0 bridgehead atoms. The molecular formula is C15H20N4O3. The van der Waals surface area contributed by atoms with E-state index in [1.165, 1.54) is 0 Å². The fourth-order valence-corrected chi connectivity index (χ4v) is 2.86. The topological polar surface area (TPSA) is 79.5 Å². The number of methoxy groups -OCH3 is 2. The Hall–Kier alpha value is -2.12. The average Bonchev–Trinajstić information content (AvgIpc) is 2.97. The van der Waals surface area contributed by atoms with Gasteiger partial charge in [0.2, 0.25) is 0 Å². The Morgan fingerprint density at radius 2 is 2.18 bits per heavy atom. The van der Waals surface area contributed by atoms with Gasteiger partial charge < -0.3 is 24.7 Å². The van der Waals surface area contributed by atoms with E-state index in [9.17, 15) is 4.79 Å². The smallest absolute Gasteiger partial charge is 0.254 e. The SMILES string of the molecule is COCCN1C(=O)[C@](C)(COC)Nc2c1cnc1[nH]ccc21. The minimum atomic E-state index is -0.818. The van der Waals surface area contributed by atoms with Gasteiger partial charge in [-0.05, 0) is 13.0 Å². The number of hydrogen-bond donors (Lipinski definition) is 2. The van der Waals surface area contributed by atoms with E-state index in [1.54, 1.807) is 25.3 Å². The van der Waals surface area contributed by atoms with E-state index >= 15 is 0 Å². The van der Waals surface area contributed by atoms with Crippen LogP contribution in [0.3, 0.4) is 0 Å². The number of hydrogen-bond acceptors (Lipinski definition) is 5. The molecule has 1 atom stereocenters. The molecule has 0 aliphatic carbocycles. The number of nitrogens with one attached hydrogen (secondary N) is 2. The van der Waals surface area contributed by atoms with Crippen molar-refractivity contribution in [1.82, 2.24) is 9.97 Å². The van der Waals surface area contributed by atoms with Crippen molar-refractivity contribution < 1.29 is 14.3 Å². The molecule has 7 heteroatoms. The van der Waals surface area contributed by atoms with Gasteiger partial charge in [0.05, 0.1) is 30.8 Å². The van der Waals surface area contributed by atoms with Crippen LogP contribution in [0.2, 0.25) is 0 Å². The lowest BCUT2D eigenvalue weighted by Gasteiger charge is -2.41. The summed E-state index contributed by atoms with van der Waals surface area (Å²) in [5.74, 6) is -0.0458. The van der Waals surface area contributed by atoms with Crippen LogP contribution in [0, 0.1) is 0 Å². The third kappa shape index (κ3) is 2.22. The van der Waals surface area contributed by atoms with Crippen molar-refractivity contribution in [1.29, 1.82) is 0 Å². The summed E-state index contributed by atoms with van der Waals surface area (Å²) in [5.41, 5.74) is 1.62. The van der Waals surface area contributed by atoms with Crippen LogP contribution in [0.25, 0.3) is 11.0 Å². The van der Waals surface area contributed by atoms with Crippen LogP contribution in [0.15, 0.2) is 18.5 Å². The van der Waals surface area contributed by atoms with Crippen molar-refractivity contribution in [2.75, 3.05) is 44.2 Å². The molecule has 1 aliphatic heterocycles. The number of fused-ring (bicyclic) bond motifs is 3. The van der Waals surface area contributed by atoms with E-state index in [0.29, 0.717) is 13.2 Å². The van der Waals surface area contributed by atoms with Crippen LogP contribution in [-0.4, -0.2) is 55.4 Å². The van der Waals surface area contributed by atoms with Gasteiger partial charge in [0.25, 0.3) is 5.91 Å². The summed E-state index contributed by atoms with van der Waals surface area (Å²) in [5, 5.41) is 4.30. The summed E-state index contributed by atoms with van der Waals surface area (Å²) in [6.07, 6.45) is 3.55. The minimum Gasteiger partial charge on any atom is -0.383 e.